The van der Waals surface area contributed by atoms with Crippen molar-refractivity contribution in [2.75, 3.05) is 0 Å². The molecule has 1 heteroatoms. The van der Waals surface area contributed by atoms with Crippen LogP contribution in [0.2, 0.25) is 0 Å². The molecule has 0 aromatic carbocycles. The fourth-order valence-corrected chi connectivity index (χ4v) is 1.85. The van der Waals surface area contributed by atoms with Gasteiger partial charge in [-0.3, -0.25) is 0 Å². The lowest BCUT2D eigenvalue weighted by Crippen LogP contribution is -2.05. The normalized spacial score (nSPS) is 22.2. The van der Waals surface area contributed by atoms with E-state index in [0.717, 1.165) is 5.70 Å². The van der Waals surface area contributed by atoms with Crippen LogP contribution in [0, 0.1) is 5.41 Å². The summed E-state index contributed by atoms with van der Waals surface area (Å²) in [5, 5.41) is 0. The Morgan fingerprint density at radius 1 is 1.00 bits per heavy atom. The van der Waals surface area contributed by atoms with Crippen LogP contribution in [0.1, 0.15) is 34.6 Å². The van der Waals surface area contributed by atoms with Gasteiger partial charge in [-0.05, 0) is 37.5 Å². The van der Waals surface area contributed by atoms with E-state index in [4.69, 9.17) is 5.73 Å². The molecule has 0 bridgehead atoms. The molecule has 1 aliphatic rings. The van der Waals surface area contributed by atoms with Gasteiger partial charge in [0.05, 0.1) is 0 Å². The van der Waals surface area contributed by atoms with Crippen LogP contribution in [0.15, 0.2) is 34.6 Å². The average Bonchev–Trinajstić information content (AvgIpc) is 2.03. The highest BCUT2D eigenvalue weighted by molar-refractivity contribution is 5.45. The zero-order chi connectivity index (χ0) is 10.2. The van der Waals surface area contributed by atoms with Crippen LogP contribution in [0.25, 0.3) is 0 Å². The number of allylic oxidation sites excluding steroid dienone is 5. The van der Waals surface area contributed by atoms with Crippen LogP contribution in [0.4, 0.5) is 0 Å². The molecule has 1 nitrogen and oxygen atoms in total. The molecule has 2 N–H and O–H groups in total. The van der Waals surface area contributed by atoms with Gasteiger partial charge in [-0.15, -0.1) is 0 Å². The molecule has 0 saturated heterocycles. The second kappa shape index (κ2) is 3.06. The van der Waals surface area contributed by atoms with Gasteiger partial charge in [0.2, 0.25) is 0 Å². The van der Waals surface area contributed by atoms with E-state index in [9.17, 15) is 0 Å². The van der Waals surface area contributed by atoms with Crippen LogP contribution in [0.5, 0.6) is 0 Å². The molecule has 0 radical (unpaired) electrons. The molecule has 0 unspecified atom stereocenters. The van der Waals surface area contributed by atoms with Gasteiger partial charge >= 0.3 is 0 Å². The van der Waals surface area contributed by atoms with Crippen molar-refractivity contribution in [1.82, 2.24) is 0 Å². The summed E-state index contributed by atoms with van der Waals surface area (Å²) in [6.45, 7) is 10.7. The maximum Gasteiger partial charge on any atom is 0.0373 e. The quantitative estimate of drug-likeness (QED) is 0.604. The molecule has 0 atom stereocenters. The Balaban J connectivity index is 3.30. The molecule has 1 aliphatic carbocycles. The fraction of sp³-hybridized carbons (Fsp3) is 0.500. The maximum atomic E-state index is 6.00. The van der Waals surface area contributed by atoms with Gasteiger partial charge in [-0.25, -0.2) is 0 Å². The number of hydrogen-bond donors (Lipinski definition) is 1. The molecule has 0 aromatic heterocycles. The molecule has 13 heavy (non-hydrogen) atoms. The van der Waals surface area contributed by atoms with Crippen LogP contribution >= 0.6 is 0 Å². The topological polar surface area (TPSA) is 26.0 Å². The minimum atomic E-state index is 0.122. The zero-order valence-corrected chi connectivity index (χ0v) is 9.23. The van der Waals surface area contributed by atoms with Gasteiger partial charge in [0.1, 0.15) is 0 Å². The first-order valence-electron chi connectivity index (χ1n) is 4.69. The Labute approximate surface area is 81.0 Å². The Morgan fingerprint density at radius 3 is 2.00 bits per heavy atom. The number of nitrogens with two attached hydrogens (primary N) is 1. The summed E-state index contributed by atoms with van der Waals surface area (Å²) in [5.74, 6) is 0. The molecule has 0 saturated carbocycles. The number of rotatable bonds is 0. The van der Waals surface area contributed by atoms with Crippen molar-refractivity contribution in [3.05, 3.63) is 34.6 Å². The zero-order valence-electron chi connectivity index (χ0n) is 9.23. The molecular formula is C12H19N. The summed E-state index contributed by atoms with van der Waals surface area (Å²) in [6.07, 6.45) is 4.49. The van der Waals surface area contributed by atoms with Crippen LogP contribution in [-0.2, 0) is 0 Å². The summed E-state index contributed by atoms with van der Waals surface area (Å²) < 4.78 is 0. The van der Waals surface area contributed by atoms with E-state index in [1.807, 2.05) is 0 Å². The van der Waals surface area contributed by atoms with Gasteiger partial charge < -0.3 is 5.73 Å². The lowest BCUT2D eigenvalue weighted by molar-refractivity contribution is 0.619. The fourth-order valence-electron chi connectivity index (χ4n) is 1.85. The van der Waals surface area contributed by atoms with Crippen LogP contribution < -0.4 is 5.73 Å². The minimum absolute atomic E-state index is 0.122. The summed E-state index contributed by atoms with van der Waals surface area (Å²) in [4.78, 5) is 0. The smallest absolute Gasteiger partial charge is 0.0373 e. The molecule has 0 spiro atoms. The van der Waals surface area contributed by atoms with Crippen molar-refractivity contribution in [1.29, 1.82) is 0 Å². The van der Waals surface area contributed by atoms with Crippen molar-refractivity contribution < 1.29 is 0 Å². The highest BCUT2D eigenvalue weighted by Gasteiger charge is 2.17. The molecule has 1 rings (SSSR count). The van der Waals surface area contributed by atoms with Crippen molar-refractivity contribution in [2.24, 2.45) is 11.1 Å². The average molecular weight is 177 g/mol. The highest BCUT2D eigenvalue weighted by atomic mass is 14.6. The van der Waals surface area contributed by atoms with Gasteiger partial charge in [-0.1, -0.05) is 26.0 Å². The SMILES string of the molecule is CC1=CC(C)(C)C=C(C)C(N)=C1C. The monoisotopic (exact) mass is 177 g/mol. The van der Waals surface area contributed by atoms with Gasteiger partial charge in [-0.2, -0.15) is 0 Å². The predicted octanol–water partition coefficient (Wildman–Crippen LogP) is 3.15. The van der Waals surface area contributed by atoms with Gasteiger partial charge in [0.15, 0.2) is 0 Å². The first-order valence-corrected chi connectivity index (χ1v) is 4.69. The maximum absolute atomic E-state index is 6.00. The van der Waals surface area contributed by atoms with E-state index in [0.29, 0.717) is 0 Å². The van der Waals surface area contributed by atoms with E-state index < -0.39 is 0 Å². The van der Waals surface area contributed by atoms with Crippen molar-refractivity contribution in [3.8, 4) is 0 Å². The first-order chi connectivity index (χ1) is 5.83. The second-order valence-corrected chi connectivity index (χ2v) is 4.51. The molecule has 72 valence electrons. The summed E-state index contributed by atoms with van der Waals surface area (Å²) >= 11 is 0. The van der Waals surface area contributed by atoms with Gasteiger partial charge in [0, 0.05) is 11.1 Å². The molecule has 0 fully saturated rings. The van der Waals surface area contributed by atoms with Crippen LogP contribution in [0.3, 0.4) is 0 Å². The van der Waals surface area contributed by atoms with E-state index in [1.165, 1.54) is 16.7 Å². The molecule has 0 heterocycles. The Hall–Kier alpha value is -0.980. The third-order valence-corrected chi connectivity index (χ3v) is 2.60. The van der Waals surface area contributed by atoms with Crippen molar-refractivity contribution in [3.63, 3.8) is 0 Å². The second-order valence-electron chi connectivity index (χ2n) is 4.51. The van der Waals surface area contributed by atoms with E-state index in [2.05, 4.69) is 46.8 Å². The lowest BCUT2D eigenvalue weighted by Gasteiger charge is -2.15. The summed E-state index contributed by atoms with van der Waals surface area (Å²) in [5.41, 5.74) is 10.7. The van der Waals surface area contributed by atoms with Crippen molar-refractivity contribution >= 4 is 0 Å². The first kappa shape index (κ1) is 10.1. The minimum Gasteiger partial charge on any atom is -0.398 e. The van der Waals surface area contributed by atoms with Gasteiger partial charge in [0.25, 0.3) is 0 Å². The molecular weight excluding hydrogens is 158 g/mol. The predicted molar refractivity (Wildman–Crippen MR) is 58.2 cm³/mol. The third-order valence-electron chi connectivity index (χ3n) is 2.60. The van der Waals surface area contributed by atoms with E-state index >= 15 is 0 Å². The van der Waals surface area contributed by atoms with Crippen LogP contribution in [-0.4, -0.2) is 0 Å². The largest absolute Gasteiger partial charge is 0.398 e. The molecule has 0 aliphatic heterocycles. The Kier molecular flexibility index (Phi) is 2.38. The third kappa shape index (κ3) is 2.03. The van der Waals surface area contributed by atoms with Crippen molar-refractivity contribution in [2.45, 2.75) is 34.6 Å². The Bertz CT molecular complexity index is 284. The standard InChI is InChI=1S/C12H19N/c1-8-6-12(4,5)7-9(2)11(13)10(8)3/h6-7H,13H2,1-5H3. The summed E-state index contributed by atoms with van der Waals surface area (Å²) in [7, 11) is 0. The number of hydrogen-bond acceptors (Lipinski definition) is 1. The van der Waals surface area contributed by atoms with E-state index in [1.54, 1.807) is 0 Å². The highest BCUT2D eigenvalue weighted by Crippen LogP contribution is 2.31. The lowest BCUT2D eigenvalue weighted by atomic mass is 9.90. The Morgan fingerprint density at radius 2 is 1.46 bits per heavy atom. The summed E-state index contributed by atoms with van der Waals surface area (Å²) in [6, 6.07) is 0. The molecule has 0 aromatic rings. The molecule has 0 amide bonds. The van der Waals surface area contributed by atoms with E-state index in [-0.39, 0.29) is 5.41 Å².